The fraction of sp³-hybridized carbons (Fsp3) is 0.238. The Morgan fingerprint density at radius 1 is 1.28 bits per heavy atom. The molecule has 0 saturated carbocycles. The van der Waals surface area contributed by atoms with Crippen molar-refractivity contribution < 1.29 is 14.5 Å². The van der Waals surface area contributed by atoms with E-state index in [0.29, 0.717) is 23.5 Å². The van der Waals surface area contributed by atoms with Gasteiger partial charge in [0.1, 0.15) is 0 Å². The molecule has 0 saturated heterocycles. The second-order valence-electron chi connectivity index (χ2n) is 6.59. The number of hydrogen-bond acceptors (Lipinski definition) is 5. The number of aryl methyl sites for hydroxylation is 2. The summed E-state index contributed by atoms with van der Waals surface area (Å²) in [6.07, 6.45) is 2.96. The molecule has 0 unspecified atom stereocenters. The Morgan fingerprint density at radius 3 is 2.66 bits per heavy atom. The second kappa shape index (κ2) is 8.93. The molecule has 0 radical (unpaired) electrons. The number of hydrogen-bond donors (Lipinski definition) is 0. The van der Waals surface area contributed by atoms with Gasteiger partial charge in [0, 0.05) is 31.9 Å². The van der Waals surface area contributed by atoms with Crippen LogP contribution in [0.5, 0.6) is 0 Å². The second-order valence-corrected chi connectivity index (χ2v) is 7.60. The summed E-state index contributed by atoms with van der Waals surface area (Å²) < 4.78 is 8.30. The Hall–Kier alpha value is -3.10. The van der Waals surface area contributed by atoms with E-state index in [1.165, 1.54) is 29.5 Å². The predicted octanol–water partition coefficient (Wildman–Crippen LogP) is 4.01. The quantitative estimate of drug-likeness (QED) is 0.348. The number of fused-ring (bicyclic) bond motifs is 1. The van der Waals surface area contributed by atoms with E-state index >= 15 is 0 Å². The number of benzene rings is 2. The SMILES string of the molecule is COCCn1c(=NC(=O)C=Cc2ccc([N+](=O)[O-])cc2)sc2cc(C)cc(C)c21. The fourth-order valence-electron chi connectivity index (χ4n) is 3.07. The lowest BCUT2D eigenvalue weighted by Crippen LogP contribution is -2.19. The number of rotatable bonds is 6. The van der Waals surface area contributed by atoms with Crippen LogP contribution in [0.1, 0.15) is 16.7 Å². The molecule has 0 aliphatic rings. The highest BCUT2D eigenvalue weighted by molar-refractivity contribution is 7.16. The predicted molar refractivity (Wildman–Crippen MR) is 114 cm³/mol. The molecule has 0 bridgehead atoms. The number of amides is 1. The van der Waals surface area contributed by atoms with Crippen molar-refractivity contribution in [1.82, 2.24) is 4.57 Å². The summed E-state index contributed by atoms with van der Waals surface area (Å²) in [5, 5.41) is 10.7. The van der Waals surface area contributed by atoms with Crippen molar-refractivity contribution >= 4 is 39.2 Å². The zero-order valence-corrected chi connectivity index (χ0v) is 17.2. The van der Waals surface area contributed by atoms with Crippen LogP contribution >= 0.6 is 11.3 Å². The molecule has 7 nitrogen and oxygen atoms in total. The van der Waals surface area contributed by atoms with Gasteiger partial charge in [-0.1, -0.05) is 17.4 Å². The number of nitro groups is 1. The first-order chi connectivity index (χ1) is 13.9. The highest BCUT2D eigenvalue weighted by atomic mass is 32.1. The molecule has 0 fully saturated rings. The van der Waals surface area contributed by atoms with Gasteiger partial charge < -0.3 is 9.30 Å². The standard InChI is InChI=1S/C21H21N3O4S/c1-14-12-15(2)20-18(13-14)29-21(23(20)10-11-28-3)22-19(25)9-6-16-4-7-17(8-5-16)24(26)27/h4-9,12-13H,10-11H2,1-3H3. The van der Waals surface area contributed by atoms with E-state index in [9.17, 15) is 14.9 Å². The van der Waals surface area contributed by atoms with Gasteiger partial charge in [0.25, 0.3) is 11.6 Å². The Labute approximate surface area is 171 Å². The highest BCUT2D eigenvalue weighted by Gasteiger charge is 2.10. The van der Waals surface area contributed by atoms with Gasteiger partial charge >= 0.3 is 0 Å². The topological polar surface area (TPSA) is 86.7 Å². The van der Waals surface area contributed by atoms with E-state index in [2.05, 4.69) is 17.1 Å². The van der Waals surface area contributed by atoms with Crippen molar-refractivity contribution in [2.24, 2.45) is 4.99 Å². The molecule has 150 valence electrons. The molecule has 3 aromatic rings. The lowest BCUT2D eigenvalue weighted by Gasteiger charge is -2.07. The van der Waals surface area contributed by atoms with E-state index in [-0.39, 0.29) is 5.69 Å². The van der Waals surface area contributed by atoms with Gasteiger partial charge in [-0.25, -0.2) is 0 Å². The number of methoxy groups -OCH3 is 1. The number of carbonyl (C=O) groups excluding carboxylic acids is 1. The summed E-state index contributed by atoms with van der Waals surface area (Å²) in [4.78, 5) is 27.6. The van der Waals surface area contributed by atoms with Crippen molar-refractivity contribution in [2.45, 2.75) is 20.4 Å². The van der Waals surface area contributed by atoms with Crippen LogP contribution < -0.4 is 4.80 Å². The average molecular weight is 411 g/mol. The van der Waals surface area contributed by atoms with E-state index in [0.717, 1.165) is 21.3 Å². The van der Waals surface area contributed by atoms with Gasteiger partial charge in [-0.2, -0.15) is 4.99 Å². The summed E-state index contributed by atoms with van der Waals surface area (Å²) in [6, 6.07) is 10.2. The molecule has 0 aliphatic carbocycles. The molecule has 1 amide bonds. The van der Waals surface area contributed by atoms with Gasteiger partial charge in [0.15, 0.2) is 4.80 Å². The lowest BCUT2D eigenvalue weighted by molar-refractivity contribution is -0.384. The lowest BCUT2D eigenvalue weighted by atomic mass is 10.1. The number of aromatic nitrogens is 1. The molecule has 0 N–H and O–H groups in total. The maximum Gasteiger partial charge on any atom is 0.272 e. The van der Waals surface area contributed by atoms with E-state index in [4.69, 9.17) is 4.74 Å². The maximum absolute atomic E-state index is 12.4. The molecule has 3 rings (SSSR count). The first-order valence-electron chi connectivity index (χ1n) is 9.00. The molecule has 2 aromatic carbocycles. The van der Waals surface area contributed by atoms with Crippen LogP contribution in [0, 0.1) is 24.0 Å². The Balaban J connectivity index is 1.94. The van der Waals surface area contributed by atoms with E-state index in [1.807, 2.05) is 18.4 Å². The van der Waals surface area contributed by atoms with Crippen LogP contribution in [0.2, 0.25) is 0 Å². The van der Waals surface area contributed by atoms with Gasteiger partial charge in [0.05, 0.1) is 21.7 Å². The smallest absolute Gasteiger partial charge is 0.272 e. The molecular formula is C21H21N3O4S. The van der Waals surface area contributed by atoms with E-state index in [1.54, 1.807) is 25.3 Å². The highest BCUT2D eigenvalue weighted by Crippen LogP contribution is 2.23. The monoisotopic (exact) mass is 411 g/mol. The van der Waals surface area contributed by atoms with Crippen molar-refractivity contribution in [2.75, 3.05) is 13.7 Å². The van der Waals surface area contributed by atoms with E-state index < -0.39 is 10.8 Å². The van der Waals surface area contributed by atoms with Crippen LogP contribution in [0.25, 0.3) is 16.3 Å². The first-order valence-corrected chi connectivity index (χ1v) is 9.81. The molecule has 8 heteroatoms. The van der Waals surface area contributed by atoms with Gasteiger partial charge in [0.2, 0.25) is 0 Å². The van der Waals surface area contributed by atoms with Crippen LogP contribution in [0.3, 0.4) is 0 Å². The summed E-state index contributed by atoms with van der Waals surface area (Å²) in [6.45, 7) is 5.20. The Kier molecular flexibility index (Phi) is 6.36. The van der Waals surface area contributed by atoms with Gasteiger partial charge in [-0.15, -0.1) is 0 Å². The number of nitrogens with zero attached hydrogens (tertiary/aromatic N) is 3. The van der Waals surface area contributed by atoms with Gasteiger partial charge in [-0.3, -0.25) is 14.9 Å². The maximum atomic E-state index is 12.4. The molecule has 0 spiro atoms. The number of carbonyl (C=O) groups is 1. The van der Waals surface area contributed by atoms with Crippen LogP contribution in [-0.4, -0.2) is 29.1 Å². The zero-order valence-electron chi connectivity index (χ0n) is 16.4. The molecule has 1 heterocycles. The Bertz CT molecular complexity index is 1160. The number of nitro benzene ring substituents is 1. The number of thiazole rings is 1. The Morgan fingerprint density at radius 2 is 2.00 bits per heavy atom. The third kappa shape index (κ3) is 4.85. The van der Waals surface area contributed by atoms with Crippen LogP contribution in [0.4, 0.5) is 5.69 Å². The molecule has 0 atom stereocenters. The molecule has 0 aliphatic heterocycles. The third-order valence-corrected chi connectivity index (χ3v) is 5.38. The summed E-state index contributed by atoms with van der Waals surface area (Å²) in [5.41, 5.74) is 4.04. The van der Waals surface area contributed by atoms with Crippen molar-refractivity contribution in [3.8, 4) is 0 Å². The van der Waals surface area contributed by atoms with Crippen molar-refractivity contribution in [3.63, 3.8) is 0 Å². The summed E-state index contributed by atoms with van der Waals surface area (Å²) in [7, 11) is 1.64. The average Bonchev–Trinajstić information content (AvgIpc) is 3.01. The minimum Gasteiger partial charge on any atom is -0.383 e. The molecule has 1 aromatic heterocycles. The van der Waals surface area contributed by atoms with Crippen LogP contribution in [0.15, 0.2) is 47.5 Å². The summed E-state index contributed by atoms with van der Waals surface area (Å²) >= 11 is 1.47. The normalized spacial score (nSPS) is 12.2. The largest absolute Gasteiger partial charge is 0.383 e. The zero-order chi connectivity index (χ0) is 21.0. The third-order valence-electron chi connectivity index (χ3n) is 4.36. The molecule has 29 heavy (non-hydrogen) atoms. The van der Waals surface area contributed by atoms with Gasteiger partial charge in [-0.05, 0) is 54.8 Å². The minimum absolute atomic E-state index is 0.00767. The molecular weight excluding hydrogens is 390 g/mol. The van der Waals surface area contributed by atoms with Crippen molar-refractivity contribution in [3.05, 3.63) is 74.1 Å². The number of ether oxygens (including phenoxy) is 1. The fourth-order valence-corrected chi connectivity index (χ4v) is 4.31. The van der Waals surface area contributed by atoms with Crippen molar-refractivity contribution in [1.29, 1.82) is 0 Å². The number of non-ortho nitro benzene ring substituents is 1. The van der Waals surface area contributed by atoms with Crippen LogP contribution in [-0.2, 0) is 16.1 Å². The summed E-state index contributed by atoms with van der Waals surface area (Å²) in [5.74, 6) is -0.393. The first kappa shape index (κ1) is 20.6. The minimum atomic E-state index is -0.460.